The first-order valence-electron chi connectivity index (χ1n) is 10.1. The fourth-order valence-corrected chi connectivity index (χ4v) is 3.63. The number of aromatic nitrogens is 2. The quantitative estimate of drug-likeness (QED) is 0.535. The van der Waals surface area contributed by atoms with Crippen molar-refractivity contribution < 1.29 is 32.9 Å². The Morgan fingerprint density at radius 2 is 1.85 bits per heavy atom. The van der Waals surface area contributed by atoms with Crippen LogP contribution >= 0.6 is 0 Å². The van der Waals surface area contributed by atoms with Gasteiger partial charge in [0.25, 0.3) is 5.91 Å². The Hall–Kier alpha value is -3.85. The number of carbonyl (C=O) groups excluding carboxylic acids is 1. The Balaban J connectivity index is 1.63. The van der Waals surface area contributed by atoms with Gasteiger partial charge in [-0.2, -0.15) is 5.26 Å². The van der Waals surface area contributed by atoms with E-state index in [0.29, 0.717) is 5.56 Å². The number of nitriles is 1. The molecule has 0 aliphatic carbocycles. The molecule has 1 aromatic carbocycles. The van der Waals surface area contributed by atoms with Crippen molar-refractivity contribution in [3.8, 4) is 17.3 Å². The van der Waals surface area contributed by atoms with Gasteiger partial charge in [-0.3, -0.25) is 9.78 Å². The molecule has 1 amide bonds. The SMILES string of the molecule is N#CC1OC(c2ccncc2NC(=O)c2ccc(F)c(-c3c(F)cccc3F)n2)CC(O)C1O. The van der Waals surface area contributed by atoms with E-state index in [0.717, 1.165) is 30.3 Å². The van der Waals surface area contributed by atoms with Gasteiger partial charge < -0.3 is 20.3 Å². The maximum atomic E-state index is 14.3. The van der Waals surface area contributed by atoms with Gasteiger partial charge in [0, 0.05) is 18.2 Å². The van der Waals surface area contributed by atoms with Gasteiger partial charge in [0.1, 0.15) is 34.9 Å². The molecule has 3 heterocycles. The summed E-state index contributed by atoms with van der Waals surface area (Å²) in [5.74, 6) is -3.93. The van der Waals surface area contributed by atoms with E-state index in [1.807, 2.05) is 0 Å². The number of pyridine rings is 2. The van der Waals surface area contributed by atoms with Crippen LogP contribution in [-0.4, -0.2) is 44.4 Å². The molecule has 0 bridgehead atoms. The maximum absolute atomic E-state index is 14.3. The maximum Gasteiger partial charge on any atom is 0.274 e. The number of ether oxygens (including phenoxy) is 1. The third-order valence-corrected chi connectivity index (χ3v) is 5.33. The normalized spacial score (nSPS) is 22.1. The zero-order chi connectivity index (χ0) is 24.4. The zero-order valence-electron chi connectivity index (χ0n) is 17.3. The van der Waals surface area contributed by atoms with E-state index in [2.05, 4.69) is 15.3 Å². The molecule has 1 aliphatic rings. The zero-order valence-corrected chi connectivity index (χ0v) is 17.3. The Morgan fingerprint density at radius 3 is 2.56 bits per heavy atom. The standard InChI is InChI=1S/C23H17F3N4O4/c24-12-2-1-3-13(25)20(12)21-14(26)4-5-15(29-21)23(33)30-16-10-28-7-6-11(16)18-8-17(31)22(32)19(9-27)34-18/h1-7,10,17-19,22,31-32H,8H2,(H,30,33). The van der Waals surface area contributed by atoms with E-state index >= 15 is 0 Å². The van der Waals surface area contributed by atoms with Crippen LogP contribution in [0.4, 0.5) is 18.9 Å². The van der Waals surface area contributed by atoms with Crippen LogP contribution in [0, 0.1) is 28.8 Å². The van der Waals surface area contributed by atoms with Crippen molar-refractivity contribution in [1.82, 2.24) is 9.97 Å². The third-order valence-electron chi connectivity index (χ3n) is 5.33. The predicted octanol–water partition coefficient (Wildman–Crippen LogP) is 2.89. The van der Waals surface area contributed by atoms with Gasteiger partial charge in [-0.1, -0.05) is 6.07 Å². The molecule has 11 heteroatoms. The van der Waals surface area contributed by atoms with Crippen LogP contribution in [0.2, 0.25) is 0 Å². The number of rotatable bonds is 4. The van der Waals surface area contributed by atoms with Crippen LogP contribution in [0.25, 0.3) is 11.3 Å². The number of aliphatic hydroxyl groups excluding tert-OH is 2. The smallest absolute Gasteiger partial charge is 0.274 e. The average molecular weight is 470 g/mol. The fourth-order valence-electron chi connectivity index (χ4n) is 3.63. The molecule has 8 nitrogen and oxygen atoms in total. The minimum Gasteiger partial charge on any atom is -0.390 e. The predicted molar refractivity (Wildman–Crippen MR) is 112 cm³/mol. The van der Waals surface area contributed by atoms with Crippen LogP contribution in [0.1, 0.15) is 28.6 Å². The Labute approximate surface area is 191 Å². The first-order valence-corrected chi connectivity index (χ1v) is 10.1. The van der Waals surface area contributed by atoms with Crippen LogP contribution in [0.15, 0.2) is 48.8 Å². The van der Waals surface area contributed by atoms with Gasteiger partial charge in [-0.05, 0) is 30.3 Å². The number of hydrogen-bond donors (Lipinski definition) is 3. The number of nitrogens with zero attached hydrogens (tertiary/aromatic N) is 3. The average Bonchev–Trinajstić information content (AvgIpc) is 2.82. The summed E-state index contributed by atoms with van der Waals surface area (Å²) in [4.78, 5) is 20.6. The molecule has 174 valence electrons. The van der Waals surface area contributed by atoms with Crippen molar-refractivity contribution in [2.75, 3.05) is 5.32 Å². The molecule has 0 saturated carbocycles. The highest BCUT2D eigenvalue weighted by Gasteiger charge is 2.38. The molecule has 4 unspecified atom stereocenters. The summed E-state index contributed by atoms with van der Waals surface area (Å²) in [5, 5.41) is 31.7. The van der Waals surface area contributed by atoms with Gasteiger partial charge in [0.05, 0.1) is 35.7 Å². The summed E-state index contributed by atoms with van der Waals surface area (Å²) in [5.41, 5.74) is -1.20. The molecule has 0 radical (unpaired) electrons. The van der Waals surface area contributed by atoms with E-state index in [-0.39, 0.29) is 17.8 Å². The van der Waals surface area contributed by atoms with Crippen LogP contribution in [0.3, 0.4) is 0 Å². The molecule has 1 saturated heterocycles. The first-order chi connectivity index (χ1) is 16.3. The second-order valence-electron chi connectivity index (χ2n) is 7.51. The molecule has 4 rings (SSSR count). The molecular weight excluding hydrogens is 453 g/mol. The van der Waals surface area contributed by atoms with Crippen LogP contribution < -0.4 is 5.32 Å². The molecule has 34 heavy (non-hydrogen) atoms. The van der Waals surface area contributed by atoms with Crippen molar-refractivity contribution >= 4 is 11.6 Å². The number of anilines is 1. The highest BCUT2D eigenvalue weighted by Crippen LogP contribution is 2.35. The molecule has 3 N–H and O–H groups in total. The second-order valence-corrected chi connectivity index (χ2v) is 7.51. The lowest BCUT2D eigenvalue weighted by atomic mass is 9.94. The lowest BCUT2D eigenvalue weighted by Gasteiger charge is -2.34. The Kier molecular flexibility index (Phi) is 6.56. The van der Waals surface area contributed by atoms with Crippen molar-refractivity contribution in [2.24, 2.45) is 0 Å². The molecule has 1 fully saturated rings. The molecular formula is C23H17F3N4O4. The van der Waals surface area contributed by atoms with E-state index < -0.39 is 59.0 Å². The highest BCUT2D eigenvalue weighted by atomic mass is 19.1. The van der Waals surface area contributed by atoms with Crippen molar-refractivity contribution in [3.63, 3.8) is 0 Å². The van der Waals surface area contributed by atoms with Crippen LogP contribution in [-0.2, 0) is 4.74 Å². The minimum absolute atomic E-state index is 0.0578. The lowest BCUT2D eigenvalue weighted by Crippen LogP contribution is -2.44. The van der Waals surface area contributed by atoms with Crippen LogP contribution in [0.5, 0.6) is 0 Å². The second kappa shape index (κ2) is 9.56. The van der Waals surface area contributed by atoms with Crippen molar-refractivity contribution in [2.45, 2.75) is 30.8 Å². The van der Waals surface area contributed by atoms with Gasteiger partial charge >= 0.3 is 0 Å². The number of nitrogens with one attached hydrogen (secondary N) is 1. The lowest BCUT2D eigenvalue weighted by molar-refractivity contribution is -0.150. The summed E-state index contributed by atoms with van der Waals surface area (Å²) in [6.07, 6.45) is -2.14. The van der Waals surface area contributed by atoms with Gasteiger partial charge in [-0.25, -0.2) is 18.2 Å². The summed E-state index contributed by atoms with van der Waals surface area (Å²) in [6.45, 7) is 0. The molecule has 2 aromatic heterocycles. The van der Waals surface area contributed by atoms with E-state index in [1.54, 1.807) is 6.07 Å². The van der Waals surface area contributed by atoms with Gasteiger partial charge in [0.2, 0.25) is 0 Å². The number of carbonyl (C=O) groups is 1. The number of amides is 1. The Bertz CT molecular complexity index is 1260. The van der Waals surface area contributed by atoms with Crippen molar-refractivity contribution in [3.05, 3.63) is 77.5 Å². The largest absolute Gasteiger partial charge is 0.390 e. The monoisotopic (exact) mass is 470 g/mol. The van der Waals surface area contributed by atoms with Crippen molar-refractivity contribution in [1.29, 1.82) is 5.26 Å². The fraction of sp³-hybridized carbons (Fsp3) is 0.217. The van der Waals surface area contributed by atoms with E-state index in [9.17, 15) is 28.2 Å². The molecule has 3 aromatic rings. The Morgan fingerprint density at radius 1 is 1.12 bits per heavy atom. The number of aliphatic hydroxyl groups is 2. The van der Waals surface area contributed by atoms with E-state index in [4.69, 9.17) is 10.00 Å². The summed E-state index contributed by atoms with van der Waals surface area (Å²) < 4.78 is 48.2. The molecule has 0 spiro atoms. The number of hydrogen-bond acceptors (Lipinski definition) is 7. The third kappa shape index (κ3) is 4.47. The summed E-state index contributed by atoms with van der Waals surface area (Å²) in [7, 11) is 0. The topological polar surface area (TPSA) is 128 Å². The highest BCUT2D eigenvalue weighted by molar-refractivity contribution is 6.03. The summed E-state index contributed by atoms with van der Waals surface area (Å²) >= 11 is 0. The molecule has 1 aliphatic heterocycles. The van der Waals surface area contributed by atoms with Gasteiger partial charge in [-0.15, -0.1) is 0 Å². The number of halogens is 3. The summed E-state index contributed by atoms with van der Waals surface area (Å²) in [6, 6.07) is 8.18. The molecule has 4 atom stereocenters. The van der Waals surface area contributed by atoms with E-state index in [1.165, 1.54) is 18.5 Å². The minimum atomic E-state index is -1.39. The first kappa shape index (κ1) is 23.3. The van der Waals surface area contributed by atoms with Gasteiger partial charge in [0.15, 0.2) is 6.10 Å². The number of benzene rings is 1.